The summed E-state index contributed by atoms with van der Waals surface area (Å²) in [6.45, 7) is 9.87. The summed E-state index contributed by atoms with van der Waals surface area (Å²) >= 11 is 0. The summed E-state index contributed by atoms with van der Waals surface area (Å²) in [5, 5.41) is 9.18. The van der Waals surface area contributed by atoms with Crippen LogP contribution in [0.4, 0.5) is 0 Å². The second kappa shape index (κ2) is 6.27. The summed E-state index contributed by atoms with van der Waals surface area (Å²) in [4.78, 5) is 11.7. The summed E-state index contributed by atoms with van der Waals surface area (Å²) in [6, 6.07) is 0. The molecule has 5 heteroatoms. The average molecular weight is 318 g/mol. The second-order valence-electron chi connectivity index (χ2n) is 7.89. The van der Waals surface area contributed by atoms with Crippen molar-refractivity contribution < 1.29 is 18.3 Å². The molecule has 0 radical (unpaired) electrons. The van der Waals surface area contributed by atoms with Gasteiger partial charge in [0.15, 0.2) is 9.84 Å². The Morgan fingerprint density at radius 1 is 1.24 bits per heavy atom. The lowest BCUT2D eigenvalue weighted by atomic mass is 9.63. The Kier molecular flexibility index (Phi) is 5.51. The van der Waals surface area contributed by atoms with Crippen LogP contribution in [0.5, 0.6) is 0 Å². The van der Waals surface area contributed by atoms with Crippen molar-refractivity contribution in [1.29, 1.82) is 0 Å². The summed E-state index contributed by atoms with van der Waals surface area (Å²) in [7, 11) is -3.17. The first kappa shape index (κ1) is 18.5. The second-order valence-corrected chi connectivity index (χ2v) is 10.6. The van der Waals surface area contributed by atoms with Crippen molar-refractivity contribution in [2.24, 2.45) is 16.7 Å². The first-order valence-corrected chi connectivity index (χ1v) is 9.57. The normalized spacial score (nSPS) is 27.8. The minimum absolute atomic E-state index is 0.0167. The maximum atomic E-state index is 12.0. The van der Waals surface area contributed by atoms with Gasteiger partial charge in [-0.1, -0.05) is 20.8 Å². The SMILES string of the molecule is CC(C)S(=O)(=O)CCC1(C(=O)O)CCC(C(C)(C)C)CC1. The van der Waals surface area contributed by atoms with Crippen LogP contribution in [0.3, 0.4) is 0 Å². The number of carbonyl (C=O) groups is 1. The van der Waals surface area contributed by atoms with Crippen LogP contribution in [0.2, 0.25) is 0 Å². The van der Waals surface area contributed by atoms with E-state index in [1.807, 2.05) is 0 Å². The molecule has 0 saturated heterocycles. The van der Waals surface area contributed by atoms with Gasteiger partial charge in [-0.25, -0.2) is 8.42 Å². The topological polar surface area (TPSA) is 71.4 Å². The van der Waals surface area contributed by atoms with Gasteiger partial charge in [0.2, 0.25) is 0 Å². The number of carboxylic acids is 1. The molecule has 0 atom stereocenters. The highest BCUT2D eigenvalue weighted by atomic mass is 32.2. The van der Waals surface area contributed by atoms with Crippen LogP contribution < -0.4 is 0 Å². The molecule has 0 unspecified atom stereocenters. The average Bonchev–Trinajstić information content (AvgIpc) is 2.35. The predicted molar refractivity (Wildman–Crippen MR) is 85.0 cm³/mol. The third-order valence-electron chi connectivity index (χ3n) is 5.20. The van der Waals surface area contributed by atoms with Gasteiger partial charge in [-0.15, -0.1) is 0 Å². The van der Waals surface area contributed by atoms with E-state index in [2.05, 4.69) is 20.8 Å². The number of sulfone groups is 1. The lowest BCUT2D eigenvalue weighted by molar-refractivity contribution is -0.152. The largest absolute Gasteiger partial charge is 0.481 e. The fourth-order valence-corrected chi connectivity index (χ4v) is 4.33. The molecule has 0 aromatic carbocycles. The van der Waals surface area contributed by atoms with Crippen LogP contribution in [0.25, 0.3) is 0 Å². The maximum absolute atomic E-state index is 12.0. The van der Waals surface area contributed by atoms with Crippen LogP contribution in [0, 0.1) is 16.7 Å². The molecule has 1 aliphatic rings. The minimum atomic E-state index is -3.17. The molecular weight excluding hydrogens is 288 g/mol. The highest BCUT2D eigenvalue weighted by Gasteiger charge is 2.44. The van der Waals surface area contributed by atoms with Gasteiger partial charge < -0.3 is 5.11 Å². The van der Waals surface area contributed by atoms with E-state index in [0.29, 0.717) is 18.8 Å². The van der Waals surface area contributed by atoms with E-state index in [1.165, 1.54) is 0 Å². The zero-order valence-corrected chi connectivity index (χ0v) is 14.8. The molecule has 1 N–H and O–H groups in total. The molecule has 0 amide bonds. The number of carboxylic acid groups (broad SMARTS) is 1. The molecule has 21 heavy (non-hydrogen) atoms. The van der Waals surface area contributed by atoms with Crippen LogP contribution >= 0.6 is 0 Å². The lowest BCUT2D eigenvalue weighted by Crippen LogP contribution is -2.40. The van der Waals surface area contributed by atoms with Crippen LogP contribution in [-0.2, 0) is 14.6 Å². The first-order chi connectivity index (χ1) is 9.41. The van der Waals surface area contributed by atoms with Crippen LogP contribution in [0.15, 0.2) is 0 Å². The van der Waals surface area contributed by atoms with Crippen LogP contribution in [-0.4, -0.2) is 30.5 Å². The van der Waals surface area contributed by atoms with E-state index < -0.39 is 26.5 Å². The number of aliphatic carboxylic acids is 1. The molecule has 4 nitrogen and oxygen atoms in total. The first-order valence-electron chi connectivity index (χ1n) is 7.86. The maximum Gasteiger partial charge on any atom is 0.309 e. The van der Waals surface area contributed by atoms with E-state index in [1.54, 1.807) is 13.8 Å². The Morgan fingerprint density at radius 2 is 1.71 bits per heavy atom. The van der Waals surface area contributed by atoms with Crippen molar-refractivity contribution in [3.8, 4) is 0 Å². The smallest absolute Gasteiger partial charge is 0.309 e. The van der Waals surface area contributed by atoms with Crippen molar-refractivity contribution in [1.82, 2.24) is 0 Å². The van der Waals surface area contributed by atoms with Gasteiger partial charge in [0, 0.05) is 0 Å². The Balaban J connectivity index is 2.78. The minimum Gasteiger partial charge on any atom is -0.481 e. The van der Waals surface area contributed by atoms with Crippen molar-refractivity contribution in [2.75, 3.05) is 5.75 Å². The predicted octanol–water partition coefficient (Wildman–Crippen LogP) is 3.51. The number of hydrogen-bond acceptors (Lipinski definition) is 3. The lowest BCUT2D eigenvalue weighted by Gasteiger charge is -2.41. The zero-order chi connectivity index (χ0) is 16.5. The Morgan fingerprint density at radius 3 is 2.05 bits per heavy atom. The van der Waals surface area contributed by atoms with Gasteiger partial charge in [-0.05, 0) is 57.3 Å². The van der Waals surface area contributed by atoms with Crippen molar-refractivity contribution >= 4 is 15.8 Å². The molecule has 0 aromatic heterocycles. The van der Waals surface area contributed by atoms with Crippen molar-refractivity contribution in [2.45, 2.75) is 72.0 Å². The fraction of sp³-hybridized carbons (Fsp3) is 0.938. The zero-order valence-electron chi connectivity index (χ0n) is 14.0. The quantitative estimate of drug-likeness (QED) is 0.842. The van der Waals surface area contributed by atoms with Gasteiger partial charge in [-0.3, -0.25) is 4.79 Å². The van der Waals surface area contributed by atoms with E-state index in [0.717, 1.165) is 12.8 Å². The molecule has 1 fully saturated rings. The molecule has 0 bridgehead atoms. The third-order valence-corrected chi connectivity index (χ3v) is 7.41. The highest BCUT2D eigenvalue weighted by Crippen LogP contribution is 2.47. The molecule has 1 rings (SSSR count). The monoisotopic (exact) mass is 318 g/mol. The molecule has 1 saturated carbocycles. The highest BCUT2D eigenvalue weighted by molar-refractivity contribution is 7.91. The molecule has 0 aliphatic heterocycles. The van der Waals surface area contributed by atoms with Gasteiger partial charge in [0.05, 0.1) is 16.4 Å². The Labute approximate surface area is 129 Å². The van der Waals surface area contributed by atoms with Gasteiger partial charge >= 0.3 is 5.97 Å². The molecular formula is C16H30O4S. The summed E-state index contributed by atoms with van der Waals surface area (Å²) in [5.74, 6) is -0.322. The molecule has 124 valence electrons. The van der Waals surface area contributed by atoms with E-state index in [9.17, 15) is 18.3 Å². The van der Waals surface area contributed by atoms with Gasteiger partial charge in [-0.2, -0.15) is 0 Å². The third kappa shape index (κ3) is 4.44. The number of hydrogen-bond donors (Lipinski definition) is 1. The van der Waals surface area contributed by atoms with Crippen molar-refractivity contribution in [3.63, 3.8) is 0 Å². The molecule has 0 spiro atoms. The summed E-state index contributed by atoms with van der Waals surface area (Å²) < 4.78 is 23.9. The summed E-state index contributed by atoms with van der Waals surface area (Å²) in [6.07, 6.45) is 3.19. The fourth-order valence-electron chi connectivity index (χ4n) is 3.18. The molecule has 1 aliphatic carbocycles. The van der Waals surface area contributed by atoms with Crippen molar-refractivity contribution in [3.05, 3.63) is 0 Å². The Bertz CT molecular complexity index is 463. The standard InChI is InChI=1S/C16H30O4S/c1-12(2)21(19,20)11-10-16(14(17)18)8-6-13(7-9-16)15(3,4)5/h12-13H,6-11H2,1-5H3,(H,17,18). The number of rotatable bonds is 5. The molecule has 0 aromatic rings. The van der Waals surface area contributed by atoms with E-state index >= 15 is 0 Å². The Hall–Kier alpha value is -0.580. The molecule has 0 heterocycles. The summed E-state index contributed by atoms with van der Waals surface area (Å²) in [5.41, 5.74) is -0.654. The van der Waals surface area contributed by atoms with Gasteiger partial charge in [0.25, 0.3) is 0 Å². The van der Waals surface area contributed by atoms with Gasteiger partial charge in [0.1, 0.15) is 0 Å². The van der Waals surface area contributed by atoms with Crippen LogP contribution in [0.1, 0.15) is 66.7 Å². The van der Waals surface area contributed by atoms with E-state index in [4.69, 9.17) is 0 Å². The van der Waals surface area contributed by atoms with E-state index in [-0.39, 0.29) is 17.6 Å².